The molecule has 0 atom stereocenters. The smallest absolute Gasteiger partial charge is 0.120 e. The number of rotatable bonds is 20. The Bertz CT molecular complexity index is 4980. The van der Waals surface area contributed by atoms with E-state index in [1.54, 1.807) is 14.2 Å². The van der Waals surface area contributed by atoms with Crippen LogP contribution < -0.4 is 38.9 Å². The molecule has 15 aromatic rings. The summed E-state index contributed by atoms with van der Waals surface area (Å²) >= 11 is 0. The molecule has 0 aromatic heterocycles. The average molecular weight is 1350 g/mol. The third kappa shape index (κ3) is 16.9. The van der Waals surface area contributed by atoms with E-state index in [9.17, 15) is 0 Å². The van der Waals surface area contributed by atoms with Crippen LogP contribution in [-0.4, -0.2) is 35.4 Å². The molecule has 8 heteroatoms. The number of anilines is 15. The molecule has 0 saturated heterocycles. The van der Waals surface area contributed by atoms with Crippen molar-refractivity contribution in [3.63, 3.8) is 0 Å². The topological polar surface area (TPSA) is 37.9 Å². The van der Waals surface area contributed by atoms with Crippen molar-refractivity contribution in [1.82, 2.24) is 0 Å². The van der Waals surface area contributed by atoms with Gasteiger partial charge >= 0.3 is 0 Å². The van der Waals surface area contributed by atoms with Crippen molar-refractivity contribution in [1.29, 1.82) is 0 Å². The molecule has 0 heterocycles. The lowest BCUT2D eigenvalue weighted by Gasteiger charge is -2.25. The van der Waals surface area contributed by atoms with Crippen LogP contribution in [-0.2, 0) is 0 Å². The largest absolute Gasteiger partial charge is 0.497 e. The maximum absolute atomic E-state index is 5.37. The summed E-state index contributed by atoms with van der Waals surface area (Å²) in [5, 5.41) is 0. The van der Waals surface area contributed by atoms with E-state index in [1.807, 2.05) is 54.6 Å². The Balaban J connectivity index is 0.000000139. The minimum atomic E-state index is 0.853. The van der Waals surface area contributed by atoms with Gasteiger partial charge in [-0.2, -0.15) is 0 Å². The number of aryl methyl sites for hydroxylation is 1. The van der Waals surface area contributed by atoms with Gasteiger partial charge in [-0.15, -0.1) is 0 Å². The number of hydrogen-bond donors (Lipinski definition) is 0. The van der Waals surface area contributed by atoms with Crippen molar-refractivity contribution in [3.05, 3.63) is 406 Å². The first-order chi connectivity index (χ1) is 51.1. The minimum Gasteiger partial charge on any atom is -0.497 e. The predicted octanol–water partition coefficient (Wildman–Crippen LogP) is 26.1. The Morgan fingerprint density at radius 1 is 0.173 bits per heavy atom. The summed E-state index contributed by atoms with van der Waals surface area (Å²) in [6.45, 7) is 2.13. The van der Waals surface area contributed by atoms with E-state index in [2.05, 4.69) is 403 Å². The fourth-order valence-electron chi connectivity index (χ4n) is 12.8. The van der Waals surface area contributed by atoms with Crippen LogP contribution in [0.1, 0.15) is 5.56 Å². The molecule has 0 bridgehead atoms. The monoisotopic (exact) mass is 1350 g/mol. The lowest BCUT2D eigenvalue weighted by Crippen LogP contribution is -2.09. The number of methoxy groups -OCH3 is 2. The fourth-order valence-corrected chi connectivity index (χ4v) is 12.8. The summed E-state index contributed by atoms with van der Waals surface area (Å²) in [5.74, 6) is 1.71. The Morgan fingerprint density at radius 2 is 0.375 bits per heavy atom. The van der Waals surface area contributed by atoms with Gasteiger partial charge in [-0.1, -0.05) is 200 Å². The molecule has 0 N–H and O–H groups in total. The summed E-state index contributed by atoms with van der Waals surface area (Å²) in [7, 11) is 9.64. The van der Waals surface area contributed by atoms with E-state index in [-0.39, 0.29) is 0 Å². The van der Waals surface area contributed by atoms with Gasteiger partial charge in [0.15, 0.2) is 0 Å². The van der Waals surface area contributed by atoms with Crippen LogP contribution in [0.3, 0.4) is 0 Å². The first-order valence-corrected chi connectivity index (χ1v) is 35.0. The first kappa shape index (κ1) is 69.2. The highest BCUT2D eigenvalue weighted by atomic mass is 16.5. The molecule has 15 aromatic carbocycles. The summed E-state index contributed by atoms with van der Waals surface area (Å²) in [6.07, 6.45) is 0. The van der Waals surface area contributed by atoms with Crippen LogP contribution in [0.4, 0.5) is 85.3 Å². The number of para-hydroxylation sites is 6. The van der Waals surface area contributed by atoms with E-state index in [1.165, 1.54) is 50.3 Å². The molecule has 15 rings (SSSR count). The van der Waals surface area contributed by atoms with E-state index in [0.29, 0.717) is 0 Å². The lowest BCUT2D eigenvalue weighted by molar-refractivity contribution is 0.415. The molecule has 0 radical (unpaired) electrons. The molecule has 510 valence electrons. The van der Waals surface area contributed by atoms with Gasteiger partial charge in [-0.05, 0) is 240 Å². The SMILES string of the molecule is COc1ccc(N(C)c2ccc(-c3ccc(N(c4ccccc4)c4ccccc4)cc3)cc2)cc1.COc1cccc(N(C)c2ccc(-c3ccc(N(c4ccccc4)c4ccccc4)cc3)cc2)c1.Cc1cccc(N(C)c2ccc(-c3ccc(N(c4ccccc4)c4ccccc4)cc3)cc2)c1. The summed E-state index contributed by atoms with van der Waals surface area (Å²) in [5.41, 5.74) is 25.5. The second-order valence-corrected chi connectivity index (χ2v) is 25.2. The van der Waals surface area contributed by atoms with Gasteiger partial charge in [0.2, 0.25) is 0 Å². The second kappa shape index (κ2) is 33.7. The first-order valence-electron chi connectivity index (χ1n) is 35.0. The average Bonchev–Trinajstić information content (AvgIpc) is 0.815. The fraction of sp³-hybridized carbons (Fsp3) is 0.0625. The van der Waals surface area contributed by atoms with Crippen molar-refractivity contribution < 1.29 is 9.47 Å². The molecule has 8 nitrogen and oxygen atoms in total. The van der Waals surface area contributed by atoms with Gasteiger partial charge in [0.1, 0.15) is 11.5 Å². The van der Waals surface area contributed by atoms with Gasteiger partial charge < -0.3 is 38.9 Å². The van der Waals surface area contributed by atoms with Gasteiger partial charge in [-0.25, -0.2) is 0 Å². The Hall–Kier alpha value is -13.3. The highest BCUT2D eigenvalue weighted by molar-refractivity contribution is 5.83. The molecule has 0 unspecified atom stereocenters. The van der Waals surface area contributed by atoms with Gasteiger partial charge in [-0.3, -0.25) is 0 Å². The van der Waals surface area contributed by atoms with E-state index < -0.39 is 0 Å². The van der Waals surface area contributed by atoms with Crippen molar-refractivity contribution in [3.8, 4) is 44.9 Å². The number of benzene rings is 15. The Labute approximate surface area is 613 Å². The summed E-state index contributed by atoms with van der Waals surface area (Å²) in [6, 6.07) is 140. The molecule has 104 heavy (non-hydrogen) atoms. The van der Waals surface area contributed by atoms with Gasteiger partial charge in [0.25, 0.3) is 0 Å². The molecule has 0 aliphatic heterocycles. The third-order valence-corrected chi connectivity index (χ3v) is 18.5. The van der Waals surface area contributed by atoms with Crippen LogP contribution >= 0.6 is 0 Å². The number of hydrogen-bond acceptors (Lipinski definition) is 8. The Kier molecular flexibility index (Phi) is 22.4. The quantitative estimate of drug-likeness (QED) is 0.0747. The lowest BCUT2D eigenvalue weighted by atomic mass is 10.0. The third-order valence-electron chi connectivity index (χ3n) is 18.5. The normalized spacial score (nSPS) is 10.6. The molecule has 0 spiro atoms. The minimum absolute atomic E-state index is 0.853. The zero-order chi connectivity index (χ0) is 71.4. The maximum Gasteiger partial charge on any atom is 0.120 e. The predicted molar refractivity (Wildman–Crippen MR) is 441 cm³/mol. The van der Waals surface area contributed by atoms with Crippen LogP contribution in [0, 0.1) is 6.92 Å². The zero-order valence-electron chi connectivity index (χ0n) is 59.6. The summed E-state index contributed by atoms with van der Waals surface area (Å²) < 4.78 is 10.6. The van der Waals surface area contributed by atoms with Crippen LogP contribution in [0.5, 0.6) is 11.5 Å². The highest BCUT2D eigenvalue weighted by Crippen LogP contribution is 2.40. The Morgan fingerprint density at radius 3 is 0.625 bits per heavy atom. The zero-order valence-corrected chi connectivity index (χ0v) is 59.6. The van der Waals surface area contributed by atoms with Crippen LogP contribution in [0.2, 0.25) is 0 Å². The van der Waals surface area contributed by atoms with E-state index >= 15 is 0 Å². The maximum atomic E-state index is 5.37. The van der Waals surface area contributed by atoms with Crippen LogP contribution in [0.25, 0.3) is 33.4 Å². The molecular weight excluding hydrogens is 1270 g/mol. The number of nitrogens with zero attached hydrogens (tertiary/aromatic N) is 6. The van der Waals surface area contributed by atoms with Gasteiger partial charge in [0, 0.05) is 113 Å². The molecular formula is C96H84N6O2. The van der Waals surface area contributed by atoms with Crippen LogP contribution in [0.15, 0.2) is 400 Å². The molecule has 0 saturated carbocycles. The molecule has 0 amide bonds. The van der Waals surface area contributed by atoms with Crippen molar-refractivity contribution >= 4 is 85.3 Å². The van der Waals surface area contributed by atoms with Crippen molar-refractivity contribution in [2.45, 2.75) is 6.92 Å². The molecule has 0 aliphatic rings. The highest BCUT2D eigenvalue weighted by Gasteiger charge is 2.17. The number of ether oxygens (including phenoxy) is 2. The van der Waals surface area contributed by atoms with Crippen molar-refractivity contribution in [2.75, 3.05) is 64.8 Å². The molecule has 0 fully saturated rings. The summed E-state index contributed by atoms with van der Waals surface area (Å²) in [4.78, 5) is 13.4. The standard InChI is InChI=1S/2C32H28N2O.C32H28N2/c1-33(31-14-9-15-32(24-31)35-2)27-20-16-25(17-21-27)26-18-22-30(23-19-26)34(28-10-5-3-6-11-28)29-12-7-4-8-13-29;1-33(28-21-23-32(35-2)24-22-28)27-17-13-25(14-18-27)26-15-19-31(20-16-26)34(29-9-5-3-6-10-29)30-11-7-4-8-12-30;1-25-10-9-15-32(24-25)33(2)28-20-16-26(17-21-28)27-18-22-31(23-19-27)34(29-11-5-3-6-12-29)30-13-7-4-8-14-30/h2*3-24H,1-2H3;3-24H,1-2H3. The van der Waals surface area contributed by atoms with E-state index in [4.69, 9.17) is 9.47 Å². The second-order valence-electron chi connectivity index (χ2n) is 25.2. The van der Waals surface area contributed by atoms with E-state index in [0.717, 1.165) is 85.4 Å². The molecule has 0 aliphatic carbocycles. The van der Waals surface area contributed by atoms with Gasteiger partial charge in [0.05, 0.1) is 14.2 Å². The van der Waals surface area contributed by atoms with Crippen molar-refractivity contribution in [2.24, 2.45) is 0 Å².